The van der Waals surface area contributed by atoms with Gasteiger partial charge in [-0.1, -0.05) is 23.5 Å². The highest BCUT2D eigenvalue weighted by Gasteiger charge is 2.24. The second-order valence-corrected chi connectivity index (χ2v) is 7.00. The Hall–Kier alpha value is -3.00. The Morgan fingerprint density at radius 2 is 2.04 bits per heavy atom. The monoisotopic (exact) mass is 387 g/mol. The molecule has 27 heavy (non-hydrogen) atoms. The lowest BCUT2D eigenvalue weighted by Gasteiger charge is -2.29. The first-order chi connectivity index (χ1) is 13.1. The molecule has 5 nitrogen and oxygen atoms in total. The van der Waals surface area contributed by atoms with Crippen molar-refractivity contribution in [2.45, 2.75) is 12.8 Å². The molecule has 0 aliphatic carbocycles. The van der Waals surface area contributed by atoms with Gasteiger partial charge in [-0.15, -0.1) is 0 Å². The van der Waals surface area contributed by atoms with Crippen LogP contribution in [0.5, 0.6) is 10.8 Å². The van der Waals surface area contributed by atoms with E-state index in [4.69, 9.17) is 4.74 Å². The number of anilines is 2. The van der Waals surface area contributed by atoms with Crippen molar-refractivity contribution < 1.29 is 18.3 Å². The zero-order valence-electron chi connectivity index (χ0n) is 14.1. The van der Waals surface area contributed by atoms with Crippen LogP contribution in [0.2, 0.25) is 0 Å². The van der Waals surface area contributed by atoms with Crippen LogP contribution < -0.4 is 15.0 Å². The van der Waals surface area contributed by atoms with Crippen LogP contribution in [-0.2, 0) is 6.42 Å². The molecule has 8 heteroatoms. The summed E-state index contributed by atoms with van der Waals surface area (Å²) in [4.78, 5) is 18.2. The molecule has 138 valence electrons. The van der Waals surface area contributed by atoms with Crippen molar-refractivity contribution in [2.24, 2.45) is 0 Å². The van der Waals surface area contributed by atoms with Gasteiger partial charge in [0.1, 0.15) is 17.4 Å². The van der Waals surface area contributed by atoms with Crippen molar-refractivity contribution in [3.8, 4) is 10.8 Å². The summed E-state index contributed by atoms with van der Waals surface area (Å²) in [5, 5.41) is 3.47. The number of amides is 2. The molecule has 0 radical (unpaired) electrons. The fourth-order valence-electron chi connectivity index (χ4n) is 2.93. The van der Waals surface area contributed by atoms with Crippen molar-refractivity contribution in [1.29, 1.82) is 0 Å². The van der Waals surface area contributed by atoms with E-state index in [1.165, 1.54) is 35.4 Å². The van der Waals surface area contributed by atoms with Gasteiger partial charge in [0.05, 0.1) is 11.9 Å². The van der Waals surface area contributed by atoms with E-state index in [1.54, 1.807) is 18.2 Å². The lowest BCUT2D eigenvalue weighted by atomic mass is 10.0. The minimum Gasteiger partial charge on any atom is -0.445 e. The van der Waals surface area contributed by atoms with Crippen LogP contribution >= 0.6 is 11.3 Å². The summed E-state index contributed by atoms with van der Waals surface area (Å²) in [5.41, 5.74) is 1.51. The fourth-order valence-corrected chi connectivity index (χ4v) is 3.61. The van der Waals surface area contributed by atoms with Gasteiger partial charge in [-0.25, -0.2) is 18.6 Å². The smallest absolute Gasteiger partial charge is 0.328 e. The summed E-state index contributed by atoms with van der Waals surface area (Å²) in [6.07, 6.45) is 3.06. The predicted octanol–water partition coefficient (Wildman–Crippen LogP) is 5.20. The fraction of sp³-hybridized carbons (Fsp3) is 0.158. The van der Waals surface area contributed by atoms with Gasteiger partial charge in [-0.05, 0) is 42.7 Å². The largest absolute Gasteiger partial charge is 0.445 e. The molecule has 0 atom stereocenters. The molecule has 3 aromatic rings. The molecule has 2 heterocycles. The summed E-state index contributed by atoms with van der Waals surface area (Å²) in [7, 11) is 0. The molecular weight excluding hydrogens is 372 g/mol. The average molecular weight is 387 g/mol. The lowest BCUT2D eigenvalue weighted by Crippen LogP contribution is -2.38. The Labute approximate surface area is 158 Å². The highest BCUT2D eigenvalue weighted by molar-refractivity contribution is 7.17. The number of ether oxygens (including phenoxy) is 1. The van der Waals surface area contributed by atoms with Crippen molar-refractivity contribution in [3.63, 3.8) is 0 Å². The number of hydrogen-bond acceptors (Lipinski definition) is 4. The van der Waals surface area contributed by atoms with Gasteiger partial charge in [0.2, 0.25) is 5.06 Å². The number of urea groups is 1. The zero-order chi connectivity index (χ0) is 18.8. The maximum absolute atomic E-state index is 13.6. The van der Waals surface area contributed by atoms with Crippen molar-refractivity contribution in [1.82, 2.24) is 4.98 Å². The van der Waals surface area contributed by atoms with Crippen LogP contribution in [0.25, 0.3) is 0 Å². The van der Waals surface area contributed by atoms with Gasteiger partial charge in [0.25, 0.3) is 0 Å². The van der Waals surface area contributed by atoms with Gasteiger partial charge in [-0.2, -0.15) is 0 Å². The van der Waals surface area contributed by atoms with Gasteiger partial charge >= 0.3 is 6.03 Å². The van der Waals surface area contributed by atoms with E-state index in [-0.39, 0.29) is 11.8 Å². The standard InChI is InChI=1S/C19H15F2N3O2S/c20-13-4-1-5-15(9-13)26-17-11-22-18(27-17)23-19(25)24-8-2-3-12-6-7-14(21)10-16(12)24/h1,4-7,9-11H,2-3,8H2,(H,22,23,25). The van der Waals surface area contributed by atoms with Crippen molar-refractivity contribution in [3.05, 3.63) is 65.9 Å². The number of carbonyl (C=O) groups is 1. The van der Waals surface area contributed by atoms with Crippen molar-refractivity contribution >= 4 is 28.2 Å². The third kappa shape index (κ3) is 3.90. The highest BCUT2D eigenvalue weighted by Crippen LogP contribution is 2.32. The number of hydrogen-bond donors (Lipinski definition) is 1. The number of carbonyl (C=O) groups excluding carboxylic acids is 1. The summed E-state index contributed by atoms with van der Waals surface area (Å²) in [6, 6.07) is 9.85. The first kappa shape index (κ1) is 17.4. The minimum atomic E-state index is -0.401. The van der Waals surface area contributed by atoms with E-state index >= 15 is 0 Å². The Morgan fingerprint density at radius 3 is 2.89 bits per heavy atom. The molecule has 0 bridgehead atoms. The first-order valence-corrected chi connectivity index (χ1v) is 9.16. The summed E-state index contributed by atoms with van der Waals surface area (Å²) >= 11 is 1.12. The van der Waals surface area contributed by atoms with Crippen LogP contribution in [0.4, 0.5) is 24.4 Å². The normalized spacial score (nSPS) is 13.2. The zero-order valence-corrected chi connectivity index (χ0v) is 14.9. The van der Waals surface area contributed by atoms with Crippen molar-refractivity contribution in [2.75, 3.05) is 16.8 Å². The Bertz CT molecular complexity index is 993. The molecular formula is C19H15F2N3O2S. The number of thiazole rings is 1. The minimum absolute atomic E-state index is 0.343. The van der Waals surface area contributed by atoms with Gasteiger partial charge in [0, 0.05) is 12.6 Å². The number of rotatable bonds is 3. The SMILES string of the molecule is O=C(Nc1ncc(Oc2cccc(F)c2)s1)N1CCCc2ccc(F)cc21. The number of aryl methyl sites for hydroxylation is 1. The second-order valence-electron chi connectivity index (χ2n) is 6.00. The number of benzene rings is 2. The molecule has 1 aromatic heterocycles. The van der Waals surface area contributed by atoms with Gasteiger partial charge in [0.15, 0.2) is 5.13 Å². The van der Waals surface area contributed by atoms with Gasteiger partial charge in [-0.3, -0.25) is 10.2 Å². The molecule has 0 spiro atoms. The van der Waals surface area contributed by atoms with E-state index in [0.29, 0.717) is 28.2 Å². The van der Waals surface area contributed by atoms with Crippen LogP contribution in [0.1, 0.15) is 12.0 Å². The van der Waals surface area contributed by atoms with Gasteiger partial charge < -0.3 is 4.74 Å². The van der Waals surface area contributed by atoms with E-state index in [0.717, 1.165) is 29.7 Å². The number of aromatic nitrogens is 1. The molecule has 2 amide bonds. The Morgan fingerprint density at radius 1 is 1.19 bits per heavy atom. The summed E-state index contributed by atoms with van der Waals surface area (Å²) < 4.78 is 32.3. The summed E-state index contributed by atoms with van der Waals surface area (Å²) in [6.45, 7) is 0.500. The van der Waals surface area contributed by atoms with E-state index < -0.39 is 5.82 Å². The topological polar surface area (TPSA) is 54.5 Å². The third-order valence-electron chi connectivity index (χ3n) is 4.12. The van der Waals surface area contributed by atoms with Crippen LogP contribution in [-0.4, -0.2) is 17.6 Å². The third-order valence-corrected chi connectivity index (χ3v) is 4.91. The molecule has 0 saturated carbocycles. The Balaban J connectivity index is 1.47. The summed E-state index contributed by atoms with van der Waals surface area (Å²) in [5.74, 6) is -0.438. The van der Waals surface area contributed by atoms with Crippen LogP contribution in [0.3, 0.4) is 0 Å². The number of nitrogens with zero attached hydrogens (tertiary/aromatic N) is 2. The van der Waals surface area contributed by atoms with E-state index in [1.807, 2.05) is 0 Å². The number of fused-ring (bicyclic) bond motifs is 1. The first-order valence-electron chi connectivity index (χ1n) is 8.35. The molecule has 1 N–H and O–H groups in total. The maximum atomic E-state index is 13.6. The molecule has 2 aromatic carbocycles. The molecule has 0 saturated heterocycles. The van der Waals surface area contributed by atoms with Crippen LogP contribution in [0, 0.1) is 11.6 Å². The van der Waals surface area contributed by atoms with E-state index in [2.05, 4.69) is 10.3 Å². The molecule has 1 aliphatic heterocycles. The predicted molar refractivity (Wildman–Crippen MR) is 99.7 cm³/mol. The maximum Gasteiger partial charge on any atom is 0.328 e. The highest BCUT2D eigenvalue weighted by atomic mass is 32.1. The van der Waals surface area contributed by atoms with Crippen LogP contribution in [0.15, 0.2) is 48.7 Å². The Kier molecular flexibility index (Phi) is 4.72. The molecule has 1 aliphatic rings. The number of halogens is 2. The second kappa shape index (κ2) is 7.32. The van der Waals surface area contributed by atoms with E-state index in [9.17, 15) is 13.6 Å². The number of nitrogens with one attached hydrogen (secondary N) is 1. The molecule has 0 fully saturated rings. The average Bonchev–Trinajstić information content (AvgIpc) is 3.07. The molecule has 4 rings (SSSR count). The quantitative estimate of drug-likeness (QED) is 0.672. The lowest BCUT2D eigenvalue weighted by molar-refractivity contribution is 0.256. The molecule has 0 unspecified atom stereocenters.